The van der Waals surface area contributed by atoms with Crippen LogP contribution in [0.3, 0.4) is 0 Å². The van der Waals surface area contributed by atoms with Gasteiger partial charge in [0.05, 0.1) is 28.1 Å². The molecule has 1 unspecified atom stereocenters. The molecule has 0 bridgehead atoms. The summed E-state index contributed by atoms with van der Waals surface area (Å²) in [7, 11) is 0. The van der Waals surface area contributed by atoms with Crippen molar-refractivity contribution in [2.75, 3.05) is 0 Å². The first kappa shape index (κ1) is 36.7. The number of hydrogen-bond acceptors (Lipinski definition) is 3. The predicted molar refractivity (Wildman–Crippen MR) is 264 cm³/mol. The maximum atomic E-state index is 6.64. The van der Waals surface area contributed by atoms with E-state index in [0.717, 1.165) is 84.3 Å². The van der Waals surface area contributed by atoms with Crippen LogP contribution in [0.15, 0.2) is 227 Å². The molecular weight excluding hydrogens is 767 g/mol. The number of allylic oxidation sites excluding steroid dienone is 1. The fourth-order valence-electron chi connectivity index (χ4n) is 9.45. The molecule has 12 rings (SSSR count). The lowest BCUT2D eigenvalue weighted by atomic mass is 9.91. The molecule has 1 aliphatic heterocycles. The predicted octanol–water partition coefficient (Wildman–Crippen LogP) is 15.5. The Hall–Kier alpha value is -8.08. The van der Waals surface area contributed by atoms with Crippen molar-refractivity contribution in [2.24, 2.45) is 15.9 Å². The quantitative estimate of drug-likeness (QED) is 0.165. The van der Waals surface area contributed by atoms with E-state index in [9.17, 15) is 0 Å². The first-order valence-corrected chi connectivity index (χ1v) is 21.7. The maximum absolute atomic E-state index is 6.64. The smallest absolute Gasteiger partial charge is 0.160 e. The molecule has 4 heteroatoms. The fraction of sp³-hybridized carbons (Fsp3) is 0.0508. The van der Waals surface area contributed by atoms with Crippen molar-refractivity contribution in [2.45, 2.75) is 13.3 Å². The number of benzene rings is 9. The average molecular weight is 808 g/mol. The number of furan rings is 1. The normalized spacial score (nSPS) is 15.3. The summed E-state index contributed by atoms with van der Waals surface area (Å²) in [5, 5.41) is 6.98. The zero-order valence-corrected chi connectivity index (χ0v) is 34.7. The molecule has 2 aromatic heterocycles. The van der Waals surface area contributed by atoms with Gasteiger partial charge in [0.1, 0.15) is 11.2 Å². The van der Waals surface area contributed by atoms with Crippen LogP contribution in [-0.2, 0) is 0 Å². The van der Waals surface area contributed by atoms with E-state index < -0.39 is 0 Å². The van der Waals surface area contributed by atoms with E-state index in [1.54, 1.807) is 0 Å². The molecule has 4 nitrogen and oxygen atoms in total. The summed E-state index contributed by atoms with van der Waals surface area (Å²) in [5.74, 6) is 0.745. The van der Waals surface area contributed by atoms with Gasteiger partial charge in [-0.05, 0) is 87.5 Å². The minimum Gasteiger partial charge on any atom is -0.456 e. The van der Waals surface area contributed by atoms with E-state index in [1.807, 2.05) is 6.07 Å². The Morgan fingerprint density at radius 2 is 1.06 bits per heavy atom. The van der Waals surface area contributed by atoms with Crippen molar-refractivity contribution in [3.05, 3.63) is 229 Å². The summed E-state index contributed by atoms with van der Waals surface area (Å²) in [6.45, 7) is 2.28. The van der Waals surface area contributed by atoms with E-state index in [1.165, 1.54) is 32.7 Å². The monoisotopic (exact) mass is 807 g/mol. The molecule has 0 spiro atoms. The van der Waals surface area contributed by atoms with Gasteiger partial charge in [-0.15, -0.1) is 0 Å². The second-order valence-electron chi connectivity index (χ2n) is 16.6. The summed E-state index contributed by atoms with van der Waals surface area (Å²) in [5.41, 5.74) is 14.5. The Kier molecular flexibility index (Phi) is 8.82. The molecule has 298 valence electrons. The third-order valence-electron chi connectivity index (χ3n) is 12.7. The van der Waals surface area contributed by atoms with Crippen LogP contribution < -0.4 is 0 Å². The zero-order chi connectivity index (χ0) is 41.9. The van der Waals surface area contributed by atoms with E-state index in [-0.39, 0.29) is 5.92 Å². The van der Waals surface area contributed by atoms with Gasteiger partial charge < -0.3 is 8.98 Å². The first-order chi connectivity index (χ1) is 31.1. The number of aromatic nitrogens is 1. The molecule has 0 radical (unpaired) electrons. The van der Waals surface area contributed by atoms with Gasteiger partial charge in [0, 0.05) is 38.6 Å². The zero-order valence-electron chi connectivity index (χ0n) is 34.7. The van der Waals surface area contributed by atoms with E-state index in [4.69, 9.17) is 14.4 Å². The van der Waals surface area contributed by atoms with Crippen LogP contribution >= 0.6 is 0 Å². The van der Waals surface area contributed by atoms with Crippen LogP contribution in [0.1, 0.15) is 30.0 Å². The van der Waals surface area contributed by atoms with Crippen molar-refractivity contribution in [3.8, 4) is 27.9 Å². The lowest BCUT2D eigenvalue weighted by molar-refractivity contribution is 0.668. The Bertz CT molecular complexity index is 3640. The van der Waals surface area contributed by atoms with Gasteiger partial charge in [0.15, 0.2) is 5.84 Å². The molecule has 0 saturated heterocycles. The number of hydrogen-bond donors (Lipinski definition) is 0. The highest BCUT2D eigenvalue weighted by atomic mass is 16.3. The summed E-state index contributed by atoms with van der Waals surface area (Å²) in [4.78, 5) is 11.2. The highest BCUT2D eigenvalue weighted by molar-refractivity contribution is 6.17. The molecule has 1 aliphatic rings. The molecule has 9 aromatic carbocycles. The minimum atomic E-state index is 0.0816. The minimum absolute atomic E-state index is 0.0816. The largest absolute Gasteiger partial charge is 0.456 e. The van der Waals surface area contributed by atoms with Crippen LogP contribution in [-0.4, -0.2) is 16.1 Å². The number of rotatable bonds is 6. The third-order valence-corrected chi connectivity index (χ3v) is 12.7. The number of nitrogens with zero attached hydrogens (tertiary/aromatic N) is 3. The van der Waals surface area contributed by atoms with Crippen LogP contribution in [0, 0.1) is 5.92 Å². The van der Waals surface area contributed by atoms with E-state index in [0.29, 0.717) is 5.84 Å². The van der Waals surface area contributed by atoms with Crippen LogP contribution in [0.2, 0.25) is 0 Å². The van der Waals surface area contributed by atoms with Gasteiger partial charge in [-0.25, -0.2) is 9.98 Å². The van der Waals surface area contributed by atoms with Crippen molar-refractivity contribution in [1.29, 1.82) is 0 Å². The summed E-state index contributed by atoms with van der Waals surface area (Å²) >= 11 is 0. The van der Waals surface area contributed by atoms with Crippen LogP contribution in [0.4, 0.5) is 0 Å². The molecule has 0 aliphatic carbocycles. The molecule has 1 atom stereocenters. The van der Waals surface area contributed by atoms with Crippen molar-refractivity contribution < 1.29 is 4.42 Å². The first-order valence-electron chi connectivity index (χ1n) is 21.7. The van der Waals surface area contributed by atoms with E-state index in [2.05, 4.69) is 218 Å². The summed E-state index contributed by atoms with van der Waals surface area (Å²) in [6.07, 6.45) is 3.05. The molecule has 3 heterocycles. The van der Waals surface area contributed by atoms with Crippen LogP contribution in [0.25, 0.3) is 88.2 Å². The highest BCUT2D eigenvalue weighted by Crippen LogP contribution is 2.41. The van der Waals surface area contributed by atoms with Crippen LogP contribution in [0.5, 0.6) is 0 Å². The second kappa shape index (κ2) is 15.1. The third kappa shape index (κ3) is 6.47. The highest BCUT2D eigenvalue weighted by Gasteiger charge is 2.24. The van der Waals surface area contributed by atoms with Gasteiger partial charge in [0.2, 0.25) is 0 Å². The lowest BCUT2D eigenvalue weighted by Gasteiger charge is -2.20. The fourth-order valence-corrected chi connectivity index (χ4v) is 9.45. The molecule has 11 aromatic rings. The van der Waals surface area contributed by atoms with E-state index >= 15 is 0 Å². The number of fused-ring (bicyclic) bond motifs is 7. The molecule has 0 amide bonds. The van der Waals surface area contributed by atoms with Crippen molar-refractivity contribution in [1.82, 2.24) is 4.57 Å². The summed E-state index contributed by atoms with van der Waals surface area (Å²) < 4.78 is 9.08. The maximum Gasteiger partial charge on any atom is 0.160 e. The summed E-state index contributed by atoms with van der Waals surface area (Å²) in [6, 6.07) is 73.4. The van der Waals surface area contributed by atoms with Gasteiger partial charge in [-0.2, -0.15) is 0 Å². The van der Waals surface area contributed by atoms with Gasteiger partial charge >= 0.3 is 0 Å². The molecule has 0 fully saturated rings. The van der Waals surface area contributed by atoms with Gasteiger partial charge in [-0.1, -0.05) is 177 Å². The van der Waals surface area contributed by atoms with Gasteiger partial charge in [0.25, 0.3) is 0 Å². The number of para-hydroxylation sites is 2. The Morgan fingerprint density at radius 3 is 1.86 bits per heavy atom. The van der Waals surface area contributed by atoms with Crippen molar-refractivity contribution >= 4 is 71.8 Å². The second-order valence-corrected chi connectivity index (χ2v) is 16.6. The average Bonchev–Trinajstić information content (AvgIpc) is 3.87. The SMILES string of the molecule is CC1C/C=C(\c2cc3oc4ccccc4c3cc2-n2c3ccccc3c3cc4ccccc4cc32)N=C(c2ccc(-c3ccccc3)cc2)N=C1c1cccc(-c2ccccc2)c1. The topological polar surface area (TPSA) is 42.8 Å². The molecular formula is C59H41N3O. The molecule has 0 saturated carbocycles. The van der Waals surface area contributed by atoms with Crippen molar-refractivity contribution in [3.63, 3.8) is 0 Å². The lowest BCUT2D eigenvalue weighted by Crippen LogP contribution is -2.17. The molecule has 63 heavy (non-hydrogen) atoms. The van der Waals surface area contributed by atoms with Gasteiger partial charge in [-0.3, -0.25) is 0 Å². The Balaban J connectivity index is 1.11. The Labute approximate surface area is 365 Å². The molecule has 0 N–H and O–H groups in total. The number of aliphatic imine (C=N–C) groups is 2. The number of amidine groups is 1. The standard InChI is InChI=1S/C59H41N3O/c1-38-27-32-52(60-59(42-30-28-41(29-31-42)39-15-4-2-5-16-39)61-58(38)46-22-14-21-43(33-46)40-17-6-3-7-18-40)51-37-57-50(48-24-11-13-26-56(48)63-57)36-55(51)62-53-25-12-10-23-47(53)49-34-44-19-8-9-20-45(44)35-54(49)62/h2-26,28-38H,27H2,1H3/b52-32+,60-59?,61-58?. The Morgan fingerprint density at radius 1 is 0.444 bits per heavy atom.